The normalized spacial score (nSPS) is 24.7. The van der Waals surface area contributed by atoms with E-state index >= 15 is 0 Å². The maximum Gasteiger partial charge on any atom is 0.123 e. The van der Waals surface area contributed by atoms with E-state index in [0.29, 0.717) is 12.0 Å². The van der Waals surface area contributed by atoms with Crippen LogP contribution in [0.5, 0.6) is 0 Å². The molecule has 1 aliphatic rings. The predicted octanol–water partition coefficient (Wildman–Crippen LogP) is 3.34. The maximum absolute atomic E-state index is 13.3. The van der Waals surface area contributed by atoms with Gasteiger partial charge < -0.3 is 10.5 Å². The van der Waals surface area contributed by atoms with Gasteiger partial charge in [0.15, 0.2) is 0 Å². The number of hydrogen-bond acceptors (Lipinski definition) is 2. The Morgan fingerprint density at radius 1 is 1.39 bits per heavy atom. The second kappa shape index (κ2) is 5.81. The van der Waals surface area contributed by atoms with Gasteiger partial charge in [0.05, 0.1) is 6.10 Å². The molecule has 2 rings (SSSR count). The zero-order valence-corrected chi connectivity index (χ0v) is 11.2. The van der Waals surface area contributed by atoms with Crippen molar-refractivity contribution in [3.05, 3.63) is 35.1 Å². The molecule has 1 aromatic carbocycles. The van der Waals surface area contributed by atoms with Crippen LogP contribution in [0.15, 0.2) is 18.2 Å². The Labute approximate surface area is 108 Å². The lowest BCUT2D eigenvalue weighted by atomic mass is 9.77. The van der Waals surface area contributed by atoms with Crippen molar-refractivity contribution < 1.29 is 9.13 Å². The van der Waals surface area contributed by atoms with E-state index in [2.05, 4.69) is 0 Å². The van der Waals surface area contributed by atoms with Gasteiger partial charge in [-0.2, -0.15) is 0 Å². The fraction of sp³-hybridized carbons (Fsp3) is 0.600. The summed E-state index contributed by atoms with van der Waals surface area (Å²) in [5.74, 6) is 0.432. The highest BCUT2D eigenvalue weighted by Gasteiger charge is 2.30. The standard InChI is InChI=1S/C15H22FNO/c1-3-18-14-6-11(7-14)8-15(17)12-4-10(2)5-13(16)9-12/h4-5,9,11,14-15H,3,6-8,17H2,1-2H3. The fourth-order valence-corrected chi connectivity index (χ4v) is 2.71. The first kappa shape index (κ1) is 13.5. The number of halogens is 1. The Hall–Kier alpha value is -0.930. The van der Waals surface area contributed by atoms with E-state index in [1.807, 2.05) is 19.9 Å². The number of nitrogens with two attached hydrogens (primary N) is 1. The lowest BCUT2D eigenvalue weighted by Crippen LogP contribution is -2.33. The number of ether oxygens (including phenoxy) is 1. The summed E-state index contributed by atoms with van der Waals surface area (Å²) in [6, 6.07) is 5.00. The molecule has 18 heavy (non-hydrogen) atoms. The van der Waals surface area contributed by atoms with Crippen molar-refractivity contribution in [1.82, 2.24) is 0 Å². The largest absolute Gasteiger partial charge is 0.378 e. The van der Waals surface area contributed by atoms with Gasteiger partial charge in [-0.1, -0.05) is 6.07 Å². The molecule has 0 aliphatic heterocycles. The third-order valence-corrected chi connectivity index (χ3v) is 3.67. The van der Waals surface area contributed by atoms with Crippen LogP contribution >= 0.6 is 0 Å². The highest BCUT2D eigenvalue weighted by atomic mass is 19.1. The number of benzene rings is 1. The summed E-state index contributed by atoms with van der Waals surface area (Å²) < 4.78 is 18.8. The molecule has 1 unspecified atom stereocenters. The summed E-state index contributed by atoms with van der Waals surface area (Å²) in [4.78, 5) is 0. The van der Waals surface area contributed by atoms with Crippen molar-refractivity contribution in [3.63, 3.8) is 0 Å². The van der Waals surface area contributed by atoms with Crippen molar-refractivity contribution in [3.8, 4) is 0 Å². The Balaban J connectivity index is 1.87. The van der Waals surface area contributed by atoms with Gasteiger partial charge in [0, 0.05) is 12.6 Å². The summed E-state index contributed by atoms with van der Waals surface area (Å²) in [5.41, 5.74) is 8.00. The first-order valence-electron chi connectivity index (χ1n) is 6.72. The minimum atomic E-state index is -0.193. The summed E-state index contributed by atoms with van der Waals surface area (Å²) in [7, 11) is 0. The highest BCUT2D eigenvalue weighted by molar-refractivity contribution is 5.26. The molecule has 0 radical (unpaired) electrons. The molecule has 1 fully saturated rings. The average Bonchev–Trinajstić information content (AvgIpc) is 2.24. The smallest absolute Gasteiger partial charge is 0.123 e. The van der Waals surface area contributed by atoms with Crippen molar-refractivity contribution in [1.29, 1.82) is 0 Å². The first-order chi connectivity index (χ1) is 8.58. The molecule has 100 valence electrons. The maximum atomic E-state index is 13.3. The Morgan fingerprint density at radius 2 is 2.11 bits per heavy atom. The molecule has 0 heterocycles. The lowest BCUT2D eigenvalue weighted by molar-refractivity contribution is -0.0282. The predicted molar refractivity (Wildman–Crippen MR) is 70.8 cm³/mol. The van der Waals surface area contributed by atoms with E-state index in [0.717, 1.165) is 37.0 Å². The molecule has 1 aromatic rings. The van der Waals surface area contributed by atoms with Crippen LogP contribution in [-0.2, 0) is 4.74 Å². The quantitative estimate of drug-likeness (QED) is 0.871. The van der Waals surface area contributed by atoms with Crippen LogP contribution in [-0.4, -0.2) is 12.7 Å². The third-order valence-electron chi connectivity index (χ3n) is 3.67. The SMILES string of the molecule is CCOC1CC(CC(N)c2cc(C)cc(F)c2)C1. The molecule has 1 aliphatic carbocycles. The zero-order valence-electron chi connectivity index (χ0n) is 11.2. The van der Waals surface area contributed by atoms with E-state index in [1.165, 1.54) is 6.07 Å². The fourth-order valence-electron chi connectivity index (χ4n) is 2.71. The Morgan fingerprint density at radius 3 is 2.72 bits per heavy atom. The van der Waals surface area contributed by atoms with Gasteiger partial charge in [-0.25, -0.2) is 4.39 Å². The summed E-state index contributed by atoms with van der Waals surface area (Å²) >= 11 is 0. The van der Waals surface area contributed by atoms with Gasteiger partial charge in [-0.05, 0) is 62.3 Å². The van der Waals surface area contributed by atoms with E-state index in [4.69, 9.17) is 10.5 Å². The molecule has 3 heteroatoms. The average molecular weight is 251 g/mol. The molecule has 0 bridgehead atoms. The van der Waals surface area contributed by atoms with Crippen LogP contribution in [0.3, 0.4) is 0 Å². The van der Waals surface area contributed by atoms with Gasteiger partial charge in [0.25, 0.3) is 0 Å². The van der Waals surface area contributed by atoms with Gasteiger partial charge in [-0.3, -0.25) is 0 Å². The lowest BCUT2D eigenvalue weighted by Gasteiger charge is -2.36. The summed E-state index contributed by atoms with van der Waals surface area (Å²) in [5, 5.41) is 0. The number of rotatable bonds is 5. The van der Waals surface area contributed by atoms with Crippen molar-refractivity contribution >= 4 is 0 Å². The zero-order chi connectivity index (χ0) is 13.1. The molecular formula is C15H22FNO. The van der Waals surface area contributed by atoms with Crippen molar-refractivity contribution in [2.75, 3.05) is 6.61 Å². The van der Waals surface area contributed by atoms with E-state index < -0.39 is 0 Å². The second-order valence-electron chi connectivity index (χ2n) is 5.32. The van der Waals surface area contributed by atoms with Crippen molar-refractivity contribution in [2.45, 2.75) is 45.3 Å². The molecule has 0 aromatic heterocycles. The van der Waals surface area contributed by atoms with E-state index in [9.17, 15) is 4.39 Å². The van der Waals surface area contributed by atoms with E-state index in [1.54, 1.807) is 6.07 Å². The van der Waals surface area contributed by atoms with E-state index in [-0.39, 0.29) is 11.9 Å². The van der Waals surface area contributed by atoms with Gasteiger partial charge in [0.2, 0.25) is 0 Å². The number of hydrogen-bond donors (Lipinski definition) is 1. The summed E-state index contributed by atoms with van der Waals surface area (Å²) in [6.45, 7) is 4.70. The Kier molecular flexibility index (Phi) is 4.36. The molecule has 1 saturated carbocycles. The topological polar surface area (TPSA) is 35.2 Å². The molecular weight excluding hydrogens is 229 g/mol. The Bertz CT molecular complexity index is 381. The van der Waals surface area contributed by atoms with Gasteiger partial charge in [-0.15, -0.1) is 0 Å². The van der Waals surface area contributed by atoms with Crippen LogP contribution in [0.25, 0.3) is 0 Å². The summed E-state index contributed by atoms with van der Waals surface area (Å²) in [6.07, 6.45) is 3.53. The highest BCUT2D eigenvalue weighted by Crippen LogP contribution is 2.36. The molecule has 0 spiro atoms. The van der Waals surface area contributed by atoms with Crippen LogP contribution in [0.2, 0.25) is 0 Å². The van der Waals surface area contributed by atoms with Crippen LogP contribution in [0, 0.1) is 18.7 Å². The molecule has 2 nitrogen and oxygen atoms in total. The molecule has 2 N–H and O–H groups in total. The third kappa shape index (κ3) is 3.30. The molecule has 1 atom stereocenters. The van der Waals surface area contributed by atoms with Gasteiger partial charge >= 0.3 is 0 Å². The minimum Gasteiger partial charge on any atom is -0.378 e. The monoisotopic (exact) mass is 251 g/mol. The molecule has 0 saturated heterocycles. The second-order valence-corrected chi connectivity index (χ2v) is 5.32. The first-order valence-corrected chi connectivity index (χ1v) is 6.72. The number of aryl methyl sites for hydroxylation is 1. The van der Waals surface area contributed by atoms with Gasteiger partial charge in [0.1, 0.15) is 5.82 Å². The van der Waals surface area contributed by atoms with Crippen LogP contribution < -0.4 is 5.73 Å². The molecule has 0 amide bonds. The van der Waals surface area contributed by atoms with Crippen LogP contribution in [0.1, 0.15) is 43.4 Å². The minimum absolute atomic E-state index is 0.0630. The van der Waals surface area contributed by atoms with Crippen LogP contribution in [0.4, 0.5) is 4.39 Å². The van der Waals surface area contributed by atoms with Crippen molar-refractivity contribution in [2.24, 2.45) is 11.7 Å².